The van der Waals surface area contributed by atoms with Gasteiger partial charge in [0.1, 0.15) is 9.96 Å². The Kier molecular flexibility index (Phi) is 12.8. The first kappa shape index (κ1) is 35.3. The summed E-state index contributed by atoms with van der Waals surface area (Å²) in [5.41, 5.74) is 0.837. The molecule has 1 fully saturated rings. The summed E-state index contributed by atoms with van der Waals surface area (Å²) in [6.07, 6.45) is 6.62. The summed E-state index contributed by atoms with van der Waals surface area (Å²) in [6.45, 7) is 6.18. The topological polar surface area (TPSA) is 125 Å². The van der Waals surface area contributed by atoms with Crippen LogP contribution in [0.1, 0.15) is 82.5 Å². The smallest absolute Gasteiger partial charge is 0.258 e. The quantitative estimate of drug-likeness (QED) is 0.388. The first-order chi connectivity index (χ1) is 21.5. The molecule has 1 aromatic heterocycles. The molecule has 0 spiro atoms. The van der Waals surface area contributed by atoms with E-state index >= 15 is 0 Å². The Morgan fingerprint density at radius 3 is 2.56 bits per heavy atom. The van der Waals surface area contributed by atoms with Crippen molar-refractivity contribution in [2.24, 2.45) is 11.8 Å². The van der Waals surface area contributed by atoms with Crippen molar-refractivity contribution >= 4 is 38.9 Å². The minimum atomic E-state index is -3.69. The summed E-state index contributed by atoms with van der Waals surface area (Å²) in [6, 6.07) is 7.96. The first-order valence-electron chi connectivity index (χ1n) is 16.2. The minimum Gasteiger partial charge on any atom is -0.490 e. The number of fused-ring (bicyclic) bond motifs is 1. The van der Waals surface area contributed by atoms with E-state index in [4.69, 9.17) is 9.47 Å². The third-order valence-electron chi connectivity index (χ3n) is 8.89. The highest BCUT2D eigenvalue weighted by atomic mass is 32.2. The van der Waals surface area contributed by atoms with Crippen LogP contribution in [0.25, 0.3) is 0 Å². The first-order valence-corrected chi connectivity index (χ1v) is 18.5. The fourth-order valence-electron chi connectivity index (χ4n) is 5.99. The van der Waals surface area contributed by atoms with E-state index in [2.05, 4.69) is 5.32 Å². The Labute approximate surface area is 272 Å². The van der Waals surface area contributed by atoms with E-state index in [1.165, 1.54) is 15.6 Å². The zero-order valence-corrected chi connectivity index (χ0v) is 28.6. The number of nitrogens with one attached hydrogen (secondary N) is 1. The van der Waals surface area contributed by atoms with Gasteiger partial charge in [0.25, 0.3) is 15.9 Å². The SMILES string of the molecule is C[C@@H]1CN([C@H](C)CO)C(=O)c2cc(NC(=O)C3CCCCC3)ccc2O[C@@H](C)CCCCO[C@@H]1CN(C)S(=O)(=O)c1cccs1. The zero-order chi connectivity index (χ0) is 32.6. The fourth-order valence-corrected chi connectivity index (χ4v) is 8.37. The number of aliphatic hydroxyl groups excluding tert-OH is 1. The number of rotatable bonds is 8. The third kappa shape index (κ3) is 9.28. The number of ether oxygens (including phenoxy) is 2. The molecule has 250 valence electrons. The fraction of sp³-hybridized carbons (Fsp3) is 0.636. The van der Waals surface area contributed by atoms with Crippen LogP contribution in [0.3, 0.4) is 0 Å². The van der Waals surface area contributed by atoms with E-state index < -0.39 is 22.2 Å². The number of carbonyl (C=O) groups is 2. The van der Waals surface area contributed by atoms with Crippen LogP contribution < -0.4 is 10.1 Å². The summed E-state index contributed by atoms with van der Waals surface area (Å²) >= 11 is 1.17. The molecule has 0 bridgehead atoms. The molecule has 0 saturated heterocycles. The lowest BCUT2D eigenvalue weighted by Gasteiger charge is -2.35. The summed E-state index contributed by atoms with van der Waals surface area (Å²) in [4.78, 5) is 29.0. The molecule has 2 N–H and O–H groups in total. The highest BCUT2D eigenvalue weighted by Gasteiger charge is 2.33. The Hall–Kier alpha value is -2.51. The predicted molar refractivity (Wildman–Crippen MR) is 176 cm³/mol. The van der Waals surface area contributed by atoms with Crippen LogP contribution >= 0.6 is 11.3 Å². The molecule has 1 saturated carbocycles. The van der Waals surface area contributed by atoms with Crippen LogP contribution in [0.5, 0.6) is 5.75 Å². The number of hydrogen-bond acceptors (Lipinski definition) is 8. The summed E-state index contributed by atoms with van der Waals surface area (Å²) in [5, 5.41) is 14.9. The molecular weight excluding hydrogens is 615 g/mol. The maximum absolute atomic E-state index is 14.3. The van der Waals surface area contributed by atoms with Crippen molar-refractivity contribution in [1.82, 2.24) is 9.21 Å². The molecule has 12 heteroatoms. The standard InChI is InChI=1S/C33H49N3O7S2/c1-23-20-36(24(2)22-37)33(39)28-19-27(34-32(38)26-12-6-5-7-13-26)15-16-29(28)43-25(3)11-8-9-17-42-30(23)21-35(4)45(40,41)31-14-10-18-44-31/h10,14-16,18-19,23-26,30,37H,5-9,11-13,17,20-22H2,1-4H3,(H,34,38)/t23-,24-,25+,30-/m1/s1. The lowest BCUT2D eigenvalue weighted by molar-refractivity contribution is -0.120. The highest BCUT2D eigenvalue weighted by molar-refractivity contribution is 7.91. The normalized spacial score (nSPS) is 23.6. The number of anilines is 1. The number of thiophene rings is 1. The molecule has 1 aromatic carbocycles. The average Bonchev–Trinajstić information content (AvgIpc) is 3.59. The number of aliphatic hydroxyl groups is 1. The van der Waals surface area contributed by atoms with Crippen LogP contribution in [-0.2, 0) is 19.6 Å². The maximum Gasteiger partial charge on any atom is 0.258 e. The number of likely N-dealkylation sites (N-methyl/N-ethyl adjacent to an activating group) is 1. The van der Waals surface area contributed by atoms with Gasteiger partial charge in [0.15, 0.2) is 0 Å². The van der Waals surface area contributed by atoms with Crippen molar-refractivity contribution in [3.05, 3.63) is 41.3 Å². The van der Waals surface area contributed by atoms with Gasteiger partial charge in [-0.15, -0.1) is 11.3 Å². The molecule has 4 atom stereocenters. The van der Waals surface area contributed by atoms with Gasteiger partial charge in [-0.2, -0.15) is 4.31 Å². The molecule has 0 unspecified atom stereocenters. The Balaban J connectivity index is 1.63. The second-order valence-electron chi connectivity index (χ2n) is 12.6. The van der Waals surface area contributed by atoms with Crippen molar-refractivity contribution in [2.45, 2.75) is 94.6 Å². The monoisotopic (exact) mass is 663 g/mol. The number of carbonyl (C=O) groups excluding carboxylic acids is 2. The lowest BCUT2D eigenvalue weighted by atomic mass is 9.88. The van der Waals surface area contributed by atoms with Gasteiger partial charge in [0, 0.05) is 44.3 Å². The van der Waals surface area contributed by atoms with E-state index in [9.17, 15) is 23.1 Å². The van der Waals surface area contributed by atoms with Crippen molar-refractivity contribution in [1.29, 1.82) is 0 Å². The average molecular weight is 664 g/mol. The van der Waals surface area contributed by atoms with E-state index in [0.29, 0.717) is 23.6 Å². The minimum absolute atomic E-state index is 0.0342. The van der Waals surface area contributed by atoms with Crippen molar-refractivity contribution < 1.29 is 32.6 Å². The number of nitrogens with zero attached hydrogens (tertiary/aromatic N) is 2. The Morgan fingerprint density at radius 2 is 1.87 bits per heavy atom. The van der Waals surface area contributed by atoms with Crippen LogP contribution in [0, 0.1) is 11.8 Å². The molecule has 2 aliphatic rings. The molecular formula is C33H49N3O7S2. The highest BCUT2D eigenvalue weighted by Crippen LogP contribution is 2.30. The van der Waals surface area contributed by atoms with E-state index in [0.717, 1.165) is 51.4 Å². The molecule has 2 amide bonds. The summed E-state index contributed by atoms with van der Waals surface area (Å²) < 4.78 is 40.6. The number of benzene rings is 1. The van der Waals surface area contributed by atoms with Crippen LogP contribution in [-0.4, -0.2) is 86.1 Å². The van der Waals surface area contributed by atoms with Gasteiger partial charge in [-0.05, 0) is 75.6 Å². The van der Waals surface area contributed by atoms with Crippen molar-refractivity contribution in [2.75, 3.05) is 38.7 Å². The molecule has 4 rings (SSSR count). The predicted octanol–water partition coefficient (Wildman–Crippen LogP) is 5.38. The van der Waals surface area contributed by atoms with Gasteiger partial charge in [-0.1, -0.05) is 32.3 Å². The van der Waals surface area contributed by atoms with E-state index in [1.807, 2.05) is 13.8 Å². The molecule has 45 heavy (non-hydrogen) atoms. The molecule has 2 aromatic rings. The van der Waals surface area contributed by atoms with E-state index in [-0.39, 0.29) is 53.7 Å². The molecule has 2 heterocycles. The molecule has 10 nitrogen and oxygen atoms in total. The lowest BCUT2D eigenvalue weighted by Crippen LogP contribution is -2.48. The van der Waals surface area contributed by atoms with Gasteiger partial charge in [-0.25, -0.2) is 8.42 Å². The van der Waals surface area contributed by atoms with Crippen LogP contribution in [0.4, 0.5) is 5.69 Å². The van der Waals surface area contributed by atoms with Gasteiger partial charge in [0.05, 0.1) is 30.4 Å². The molecule has 0 radical (unpaired) electrons. The van der Waals surface area contributed by atoms with Gasteiger partial charge >= 0.3 is 0 Å². The van der Waals surface area contributed by atoms with Gasteiger partial charge in [0.2, 0.25) is 5.91 Å². The van der Waals surface area contributed by atoms with E-state index in [1.54, 1.807) is 54.6 Å². The number of sulfonamides is 1. The number of hydrogen-bond donors (Lipinski definition) is 2. The summed E-state index contributed by atoms with van der Waals surface area (Å²) in [7, 11) is -2.15. The summed E-state index contributed by atoms with van der Waals surface area (Å²) in [5.74, 6) is -0.255. The maximum atomic E-state index is 14.3. The van der Waals surface area contributed by atoms with Crippen molar-refractivity contribution in [3.8, 4) is 5.75 Å². The third-order valence-corrected chi connectivity index (χ3v) is 12.1. The van der Waals surface area contributed by atoms with Crippen molar-refractivity contribution in [3.63, 3.8) is 0 Å². The second kappa shape index (κ2) is 16.4. The molecule has 1 aliphatic carbocycles. The number of amides is 2. The zero-order valence-electron chi connectivity index (χ0n) is 26.9. The Bertz CT molecular complexity index is 1360. The van der Waals surface area contributed by atoms with Gasteiger partial charge in [-0.3, -0.25) is 9.59 Å². The van der Waals surface area contributed by atoms with Crippen LogP contribution in [0.15, 0.2) is 39.9 Å². The van der Waals surface area contributed by atoms with Gasteiger partial charge < -0.3 is 24.8 Å². The largest absolute Gasteiger partial charge is 0.490 e. The second-order valence-corrected chi connectivity index (χ2v) is 15.8. The molecule has 1 aliphatic heterocycles. The Morgan fingerprint density at radius 1 is 1.13 bits per heavy atom. The van der Waals surface area contributed by atoms with Crippen LogP contribution in [0.2, 0.25) is 0 Å².